The first kappa shape index (κ1) is 16.9. The molecule has 1 aromatic heterocycles. The van der Waals surface area contributed by atoms with Crippen molar-refractivity contribution in [3.63, 3.8) is 0 Å². The van der Waals surface area contributed by atoms with Crippen LogP contribution in [0, 0.1) is 35.3 Å². The van der Waals surface area contributed by atoms with E-state index in [4.69, 9.17) is 5.26 Å². The maximum Gasteiger partial charge on any atom is 0.295 e. The molecule has 2 aromatic rings. The number of benzene rings is 1. The normalized spacial score (nSPS) is 10.8. The van der Waals surface area contributed by atoms with Crippen LogP contribution in [0.15, 0.2) is 28.0 Å². The van der Waals surface area contributed by atoms with Gasteiger partial charge in [-0.05, 0) is 31.0 Å². The van der Waals surface area contributed by atoms with Gasteiger partial charge in [-0.1, -0.05) is 6.07 Å². The molecule has 8 nitrogen and oxygen atoms in total. The number of nitrogens with zero attached hydrogens (tertiary/aromatic N) is 4. The number of nitriles is 1. The summed E-state index contributed by atoms with van der Waals surface area (Å²) in [5, 5.41) is 30.3. The number of rotatable bonds is 3. The van der Waals surface area contributed by atoms with E-state index in [0.29, 0.717) is 5.56 Å². The first-order chi connectivity index (χ1) is 11.3. The summed E-state index contributed by atoms with van der Waals surface area (Å²) in [4.78, 5) is 26.5. The molecule has 0 fully saturated rings. The number of nitro benzene ring substituents is 1. The van der Waals surface area contributed by atoms with Crippen molar-refractivity contribution in [2.45, 2.75) is 13.8 Å². The van der Waals surface area contributed by atoms with Gasteiger partial charge in [-0.2, -0.15) is 5.26 Å². The van der Waals surface area contributed by atoms with Gasteiger partial charge in [-0.3, -0.25) is 19.5 Å². The topological polar surface area (TPSA) is 122 Å². The number of pyridine rings is 1. The molecule has 1 heterocycles. The Balaban J connectivity index is 2.64. The highest BCUT2D eigenvalue weighted by atomic mass is 16.6. The summed E-state index contributed by atoms with van der Waals surface area (Å²) in [6.07, 6.45) is 1.21. The Morgan fingerprint density at radius 1 is 1.42 bits per heavy atom. The Kier molecular flexibility index (Phi) is 4.46. The predicted molar refractivity (Wildman–Crippen MR) is 87.9 cm³/mol. The summed E-state index contributed by atoms with van der Waals surface area (Å²) in [5.74, 6) is -0.366. The van der Waals surface area contributed by atoms with Crippen LogP contribution in [0.4, 0.5) is 11.4 Å². The maximum absolute atomic E-state index is 11.9. The summed E-state index contributed by atoms with van der Waals surface area (Å²) in [6, 6.07) is 6.35. The predicted octanol–water partition coefficient (Wildman–Crippen LogP) is 2.24. The minimum Gasteiger partial charge on any atom is -0.494 e. The van der Waals surface area contributed by atoms with Crippen molar-refractivity contribution in [3.05, 3.63) is 60.9 Å². The first-order valence-electron chi connectivity index (χ1n) is 6.89. The third-order valence-electron chi connectivity index (χ3n) is 3.63. The van der Waals surface area contributed by atoms with Crippen molar-refractivity contribution in [2.24, 2.45) is 12.0 Å². The van der Waals surface area contributed by atoms with Gasteiger partial charge in [0.2, 0.25) is 5.88 Å². The second kappa shape index (κ2) is 6.34. The van der Waals surface area contributed by atoms with E-state index in [1.807, 2.05) is 0 Å². The lowest BCUT2D eigenvalue weighted by Gasteiger charge is -2.09. The van der Waals surface area contributed by atoms with E-state index in [1.54, 1.807) is 19.1 Å². The number of aromatic nitrogens is 1. The summed E-state index contributed by atoms with van der Waals surface area (Å²) in [6.45, 7) is 3.23. The molecule has 1 N–H and O–H groups in total. The molecular weight excluding hydrogens is 312 g/mol. The number of aryl methyl sites for hydroxylation is 1. The molecule has 122 valence electrons. The molecule has 2 rings (SSSR count). The second-order valence-electron chi connectivity index (χ2n) is 5.22. The third kappa shape index (κ3) is 2.87. The van der Waals surface area contributed by atoms with Crippen LogP contribution in [0.25, 0.3) is 0 Å². The van der Waals surface area contributed by atoms with Crippen LogP contribution in [-0.2, 0) is 7.05 Å². The lowest BCUT2D eigenvalue weighted by atomic mass is 10.1. The van der Waals surface area contributed by atoms with Crippen molar-refractivity contribution in [1.82, 2.24) is 4.57 Å². The molecule has 0 saturated carbocycles. The third-order valence-corrected chi connectivity index (χ3v) is 3.63. The zero-order chi connectivity index (χ0) is 18.0. The molecule has 0 bridgehead atoms. The van der Waals surface area contributed by atoms with Gasteiger partial charge in [0.15, 0.2) is 0 Å². The minimum absolute atomic E-state index is 0.108. The minimum atomic E-state index is -0.619. The number of aromatic hydroxyl groups is 1. The molecule has 0 spiro atoms. The summed E-state index contributed by atoms with van der Waals surface area (Å²) in [7, 11) is 1.32. The Labute approximate surface area is 137 Å². The Hall–Kier alpha value is -3.47. The zero-order valence-corrected chi connectivity index (χ0v) is 13.3. The molecule has 24 heavy (non-hydrogen) atoms. The average molecular weight is 326 g/mol. The molecule has 0 aliphatic rings. The van der Waals surface area contributed by atoms with Gasteiger partial charge >= 0.3 is 0 Å². The van der Waals surface area contributed by atoms with Gasteiger partial charge in [0.1, 0.15) is 17.3 Å². The molecule has 0 amide bonds. The zero-order valence-electron chi connectivity index (χ0n) is 13.3. The van der Waals surface area contributed by atoms with E-state index in [-0.39, 0.29) is 33.9 Å². The van der Waals surface area contributed by atoms with Crippen molar-refractivity contribution in [2.75, 3.05) is 0 Å². The van der Waals surface area contributed by atoms with Gasteiger partial charge in [-0.15, -0.1) is 0 Å². The monoisotopic (exact) mass is 326 g/mol. The van der Waals surface area contributed by atoms with Gasteiger partial charge < -0.3 is 5.11 Å². The Morgan fingerprint density at radius 2 is 2.08 bits per heavy atom. The quantitative estimate of drug-likeness (QED) is 0.526. The molecule has 0 unspecified atom stereocenters. The van der Waals surface area contributed by atoms with Gasteiger partial charge in [0.05, 0.1) is 10.5 Å². The van der Waals surface area contributed by atoms with Gasteiger partial charge in [-0.25, -0.2) is 4.99 Å². The molecule has 8 heteroatoms. The number of hydrogen-bond donors (Lipinski definition) is 1. The van der Waals surface area contributed by atoms with Crippen molar-refractivity contribution < 1.29 is 10.0 Å². The first-order valence-corrected chi connectivity index (χ1v) is 6.89. The number of aliphatic imine (C=N–C) groups is 1. The molecule has 0 aliphatic carbocycles. The molecule has 1 aromatic carbocycles. The lowest BCUT2D eigenvalue weighted by Crippen LogP contribution is -2.22. The van der Waals surface area contributed by atoms with E-state index >= 15 is 0 Å². The molecular formula is C16H14N4O4. The largest absolute Gasteiger partial charge is 0.494 e. The summed E-state index contributed by atoms with van der Waals surface area (Å²) < 4.78 is 0.927. The standard InChI is InChI=1S/C16H14N4O4/c1-9-4-5-13(14(6-9)20(23)24)18-8-12-10(2)11(7-17)15(21)19(3)16(12)22/h4-6,8,22H,1-3H3. The highest BCUT2D eigenvalue weighted by Crippen LogP contribution is 2.29. The highest BCUT2D eigenvalue weighted by Gasteiger charge is 2.17. The fourth-order valence-corrected chi connectivity index (χ4v) is 2.22. The molecule has 0 aliphatic heterocycles. The van der Waals surface area contributed by atoms with Crippen LogP contribution in [0.3, 0.4) is 0 Å². The van der Waals surface area contributed by atoms with Crippen LogP contribution < -0.4 is 5.56 Å². The summed E-state index contributed by atoms with van der Waals surface area (Å²) in [5.41, 5.74) is 0.334. The van der Waals surface area contributed by atoms with Crippen LogP contribution in [-0.4, -0.2) is 20.8 Å². The second-order valence-corrected chi connectivity index (χ2v) is 5.22. The average Bonchev–Trinajstić information content (AvgIpc) is 2.54. The van der Waals surface area contributed by atoms with E-state index < -0.39 is 10.5 Å². The van der Waals surface area contributed by atoms with Crippen LogP contribution >= 0.6 is 0 Å². The van der Waals surface area contributed by atoms with Gasteiger partial charge in [0.25, 0.3) is 11.2 Å². The SMILES string of the molecule is Cc1ccc(N=Cc2c(C)c(C#N)c(=O)n(C)c2O)c([N+](=O)[O-])c1. The van der Waals surface area contributed by atoms with Crippen molar-refractivity contribution in [1.29, 1.82) is 5.26 Å². The van der Waals surface area contributed by atoms with Crippen molar-refractivity contribution >= 4 is 17.6 Å². The molecule has 0 radical (unpaired) electrons. The van der Waals surface area contributed by atoms with E-state index in [1.165, 1.54) is 32.3 Å². The van der Waals surface area contributed by atoms with E-state index in [0.717, 1.165) is 4.57 Å². The fraction of sp³-hybridized carbons (Fsp3) is 0.188. The van der Waals surface area contributed by atoms with E-state index in [9.17, 15) is 20.0 Å². The van der Waals surface area contributed by atoms with Crippen LogP contribution in [0.5, 0.6) is 5.88 Å². The lowest BCUT2D eigenvalue weighted by molar-refractivity contribution is -0.384. The van der Waals surface area contributed by atoms with Crippen LogP contribution in [0.1, 0.15) is 22.3 Å². The van der Waals surface area contributed by atoms with E-state index in [2.05, 4.69) is 4.99 Å². The highest BCUT2D eigenvalue weighted by molar-refractivity contribution is 5.88. The Morgan fingerprint density at radius 3 is 2.67 bits per heavy atom. The molecule has 0 saturated heterocycles. The smallest absolute Gasteiger partial charge is 0.295 e. The number of nitro groups is 1. The maximum atomic E-state index is 11.9. The van der Waals surface area contributed by atoms with Gasteiger partial charge in [0, 0.05) is 19.3 Å². The van der Waals surface area contributed by atoms with Crippen molar-refractivity contribution in [3.8, 4) is 11.9 Å². The fourth-order valence-electron chi connectivity index (χ4n) is 2.22. The summed E-state index contributed by atoms with van der Waals surface area (Å²) >= 11 is 0. The molecule has 0 atom stereocenters. The Bertz CT molecular complexity index is 968. The number of hydrogen-bond acceptors (Lipinski definition) is 6. The van der Waals surface area contributed by atoms with Crippen LogP contribution in [0.2, 0.25) is 0 Å².